The Bertz CT molecular complexity index is 468. The molecule has 1 nitrogen and oxygen atoms in total. The molecule has 1 fully saturated rings. The van der Waals surface area contributed by atoms with Gasteiger partial charge in [0.1, 0.15) is 0 Å². The van der Waals surface area contributed by atoms with E-state index in [1.165, 1.54) is 24.0 Å². The topological polar surface area (TPSA) is 12.4 Å². The lowest BCUT2D eigenvalue weighted by Gasteiger charge is -2.07. The van der Waals surface area contributed by atoms with Gasteiger partial charge in [0.05, 0.1) is 11.8 Å². The number of benzene rings is 2. The van der Waals surface area contributed by atoms with Crippen LogP contribution in [0.5, 0.6) is 0 Å². The molecule has 0 saturated heterocycles. The van der Waals surface area contributed by atoms with E-state index in [0.29, 0.717) is 6.04 Å². The monoisotopic (exact) mass is 221 g/mol. The van der Waals surface area contributed by atoms with Crippen molar-refractivity contribution in [1.29, 1.82) is 0 Å². The molecule has 84 valence electrons. The van der Waals surface area contributed by atoms with Crippen LogP contribution in [0.15, 0.2) is 65.7 Å². The highest BCUT2D eigenvalue weighted by molar-refractivity contribution is 6.13. The van der Waals surface area contributed by atoms with Crippen LogP contribution in [0.25, 0.3) is 0 Å². The van der Waals surface area contributed by atoms with Gasteiger partial charge in [0.15, 0.2) is 0 Å². The van der Waals surface area contributed by atoms with Crippen molar-refractivity contribution in [2.75, 3.05) is 0 Å². The molecule has 1 heteroatoms. The van der Waals surface area contributed by atoms with Crippen molar-refractivity contribution in [3.05, 3.63) is 71.8 Å². The first-order valence-corrected chi connectivity index (χ1v) is 6.12. The van der Waals surface area contributed by atoms with Gasteiger partial charge < -0.3 is 0 Å². The number of rotatable bonds is 3. The zero-order valence-corrected chi connectivity index (χ0v) is 9.71. The van der Waals surface area contributed by atoms with Crippen LogP contribution in [0.1, 0.15) is 24.0 Å². The second-order valence-corrected chi connectivity index (χ2v) is 4.44. The fourth-order valence-corrected chi connectivity index (χ4v) is 1.89. The zero-order chi connectivity index (χ0) is 11.5. The molecule has 1 aliphatic rings. The Balaban J connectivity index is 2.04. The molecule has 0 radical (unpaired) electrons. The highest BCUT2D eigenvalue weighted by Gasteiger charge is 2.21. The Labute approximate surface area is 102 Å². The molecule has 0 atom stereocenters. The minimum atomic E-state index is 0.547. The first kappa shape index (κ1) is 10.3. The van der Waals surface area contributed by atoms with Crippen LogP contribution in [-0.2, 0) is 0 Å². The Morgan fingerprint density at radius 2 is 1.24 bits per heavy atom. The summed E-state index contributed by atoms with van der Waals surface area (Å²) in [7, 11) is 0. The highest BCUT2D eigenvalue weighted by Crippen LogP contribution is 2.25. The fraction of sp³-hybridized carbons (Fsp3) is 0.188. The van der Waals surface area contributed by atoms with E-state index in [2.05, 4.69) is 48.5 Å². The third-order valence-electron chi connectivity index (χ3n) is 2.95. The van der Waals surface area contributed by atoms with Gasteiger partial charge in [-0.15, -0.1) is 0 Å². The van der Waals surface area contributed by atoms with Crippen LogP contribution in [0.4, 0.5) is 0 Å². The Hall–Kier alpha value is -1.89. The van der Waals surface area contributed by atoms with E-state index < -0.39 is 0 Å². The van der Waals surface area contributed by atoms with Gasteiger partial charge >= 0.3 is 0 Å². The van der Waals surface area contributed by atoms with E-state index in [-0.39, 0.29) is 0 Å². The van der Waals surface area contributed by atoms with Crippen molar-refractivity contribution in [2.24, 2.45) is 4.99 Å². The summed E-state index contributed by atoms with van der Waals surface area (Å²) in [6.07, 6.45) is 2.48. The number of hydrogen-bond donors (Lipinski definition) is 0. The van der Waals surface area contributed by atoms with Crippen molar-refractivity contribution in [1.82, 2.24) is 0 Å². The van der Waals surface area contributed by atoms with Crippen molar-refractivity contribution in [3.8, 4) is 0 Å². The summed E-state index contributed by atoms with van der Waals surface area (Å²) >= 11 is 0. The van der Waals surface area contributed by atoms with Crippen LogP contribution < -0.4 is 0 Å². The number of aliphatic imine (C=N–C) groups is 1. The van der Waals surface area contributed by atoms with Gasteiger partial charge in [0.25, 0.3) is 0 Å². The van der Waals surface area contributed by atoms with E-state index >= 15 is 0 Å². The summed E-state index contributed by atoms with van der Waals surface area (Å²) in [5.41, 5.74) is 3.56. The summed E-state index contributed by atoms with van der Waals surface area (Å²) < 4.78 is 0. The van der Waals surface area contributed by atoms with Gasteiger partial charge in [-0.25, -0.2) is 0 Å². The molecule has 0 aliphatic heterocycles. The molecule has 2 aromatic carbocycles. The second kappa shape index (κ2) is 4.54. The molecule has 0 unspecified atom stereocenters. The average Bonchev–Trinajstić information content (AvgIpc) is 3.22. The molecule has 0 amide bonds. The van der Waals surface area contributed by atoms with Gasteiger partial charge in [-0.2, -0.15) is 0 Å². The Kier molecular flexibility index (Phi) is 2.74. The second-order valence-electron chi connectivity index (χ2n) is 4.44. The third-order valence-corrected chi connectivity index (χ3v) is 2.95. The molecule has 0 aromatic heterocycles. The quantitative estimate of drug-likeness (QED) is 0.701. The summed E-state index contributed by atoms with van der Waals surface area (Å²) in [4.78, 5) is 4.85. The third kappa shape index (κ3) is 2.44. The van der Waals surface area contributed by atoms with Crippen LogP contribution >= 0.6 is 0 Å². The van der Waals surface area contributed by atoms with E-state index in [0.717, 1.165) is 5.71 Å². The number of nitrogens with zero attached hydrogens (tertiary/aromatic N) is 1. The summed E-state index contributed by atoms with van der Waals surface area (Å²) in [5, 5.41) is 0. The summed E-state index contributed by atoms with van der Waals surface area (Å²) in [5.74, 6) is 0. The molecule has 0 heterocycles. The van der Waals surface area contributed by atoms with Gasteiger partial charge in [-0.05, 0) is 12.8 Å². The maximum absolute atomic E-state index is 4.85. The molecule has 1 saturated carbocycles. The van der Waals surface area contributed by atoms with Gasteiger partial charge in [-0.3, -0.25) is 4.99 Å². The van der Waals surface area contributed by atoms with E-state index in [4.69, 9.17) is 4.99 Å². The van der Waals surface area contributed by atoms with E-state index in [1.807, 2.05) is 12.1 Å². The maximum atomic E-state index is 4.85. The lowest BCUT2D eigenvalue weighted by Crippen LogP contribution is -2.04. The van der Waals surface area contributed by atoms with Crippen LogP contribution in [-0.4, -0.2) is 11.8 Å². The molecular formula is C16H15N. The van der Waals surface area contributed by atoms with Gasteiger partial charge in [0.2, 0.25) is 0 Å². The lowest BCUT2D eigenvalue weighted by atomic mass is 10.0. The van der Waals surface area contributed by atoms with Crippen molar-refractivity contribution >= 4 is 5.71 Å². The van der Waals surface area contributed by atoms with Crippen molar-refractivity contribution in [2.45, 2.75) is 18.9 Å². The Morgan fingerprint density at radius 3 is 1.65 bits per heavy atom. The predicted molar refractivity (Wildman–Crippen MR) is 71.5 cm³/mol. The minimum absolute atomic E-state index is 0.547. The molecule has 17 heavy (non-hydrogen) atoms. The van der Waals surface area contributed by atoms with E-state index in [1.54, 1.807) is 0 Å². The first-order valence-electron chi connectivity index (χ1n) is 6.12. The van der Waals surface area contributed by atoms with Crippen LogP contribution in [0.3, 0.4) is 0 Å². The standard InChI is InChI=1S/C16H15N/c1-3-7-13(8-4-1)16(17-15-11-12-15)14-9-5-2-6-10-14/h1-10,15H,11-12H2. The molecule has 0 spiro atoms. The van der Waals surface area contributed by atoms with Crippen molar-refractivity contribution in [3.63, 3.8) is 0 Å². The summed E-state index contributed by atoms with van der Waals surface area (Å²) in [6, 6.07) is 21.4. The first-order chi connectivity index (χ1) is 8.43. The molecular weight excluding hydrogens is 206 g/mol. The van der Waals surface area contributed by atoms with Crippen LogP contribution in [0, 0.1) is 0 Å². The van der Waals surface area contributed by atoms with E-state index in [9.17, 15) is 0 Å². The Morgan fingerprint density at radius 1 is 0.765 bits per heavy atom. The largest absolute Gasteiger partial charge is 0.281 e. The SMILES string of the molecule is c1ccc(C(=NC2CC2)c2ccccc2)cc1. The zero-order valence-electron chi connectivity index (χ0n) is 9.71. The smallest absolute Gasteiger partial charge is 0.0722 e. The van der Waals surface area contributed by atoms with Crippen LogP contribution in [0.2, 0.25) is 0 Å². The number of hydrogen-bond acceptors (Lipinski definition) is 1. The molecule has 0 N–H and O–H groups in total. The fourth-order valence-electron chi connectivity index (χ4n) is 1.89. The van der Waals surface area contributed by atoms with Crippen molar-refractivity contribution < 1.29 is 0 Å². The highest BCUT2D eigenvalue weighted by atomic mass is 14.8. The summed E-state index contributed by atoms with van der Waals surface area (Å²) in [6.45, 7) is 0. The molecule has 0 bridgehead atoms. The molecule has 2 aromatic rings. The minimum Gasteiger partial charge on any atom is -0.281 e. The maximum Gasteiger partial charge on any atom is 0.0722 e. The predicted octanol–water partition coefficient (Wildman–Crippen LogP) is 3.69. The van der Waals surface area contributed by atoms with Gasteiger partial charge in [0, 0.05) is 11.1 Å². The molecule has 1 aliphatic carbocycles. The lowest BCUT2D eigenvalue weighted by molar-refractivity contribution is 1.07. The molecule has 3 rings (SSSR count). The average molecular weight is 221 g/mol. The van der Waals surface area contributed by atoms with Gasteiger partial charge in [-0.1, -0.05) is 60.7 Å². The normalized spacial score (nSPS) is 14.4.